The van der Waals surface area contributed by atoms with E-state index in [9.17, 15) is 13.6 Å². The molecule has 0 unspecified atom stereocenters. The van der Waals surface area contributed by atoms with Crippen molar-refractivity contribution >= 4 is 6.09 Å². The summed E-state index contributed by atoms with van der Waals surface area (Å²) in [6.07, 6.45) is -0.559. The van der Waals surface area contributed by atoms with Crippen molar-refractivity contribution in [2.75, 3.05) is 6.61 Å². The Morgan fingerprint density at radius 1 is 1.42 bits per heavy atom. The number of hydrogen-bond acceptors (Lipinski definition) is 3. The Bertz CT molecular complexity index is 477. The van der Waals surface area contributed by atoms with Gasteiger partial charge in [0, 0.05) is 11.0 Å². The van der Waals surface area contributed by atoms with E-state index in [-0.39, 0.29) is 12.4 Å². The average Bonchev–Trinajstić information content (AvgIpc) is 2.33. The third kappa shape index (κ3) is 2.94. The normalized spacial score (nSPS) is 21.7. The van der Waals surface area contributed by atoms with Crippen molar-refractivity contribution in [1.29, 1.82) is 0 Å². The van der Waals surface area contributed by atoms with Crippen molar-refractivity contribution in [1.82, 2.24) is 5.32 Å². The van der Waals surface area contributed by atoms with E-state index in [1.54, 1.807) is 18.2 Å². The molecule has 1 amide bonds. The van der Waals surface area contributed by atoms with E-state index in [1.807, 2.05) is 13.8 Å². The molecule has 1 aromatic carbocycles. The minimum Gasteiger partial charge on any atom is -0.449 e. The van der Waals surface area contributed by atoms with Gasteiger partial charge >= 0.3 is 12.7 Å². The first-order chi connectivity index (χ1) is 8.90. The van der Waals surface area contributed by atoms with Crippen molar-refractivity contribution in [3.8, 4) is 5.75 Å². The first-order valence-electron chi connectivity index (χ1n) is 5.87. The summed E-state index contributed by atoms with van der Waals surface area (Å²) in [4.78, 5) is 11.3. The van der Waals surface area contributed by atoms with Gasteiger partial charge in [-0.05, 0) is 6.07 Å². The van der Waals surface area contributed by atoms with Crippen LogP contribution in [0.25, 0.3) is 0 Å². The van der Waals surface area contributed by atoms with Crippen LogP contribution >= 0.6 is 0 Å². The summed E-state index contributed by atoms with van der Waals surface area (Å²) in [5.74, 6) is 0.0674. The highest BCUT2D eigenvalue weighted by molar-refractivity contribution is 5.69. The molecule has 1 fully saturated rings. The van der Waals surface area contributed by atoms with Crippen LogP contribution in [-0.4, -0.2) is 19.3 Å². The van der Waals surface area contributed by atoms with Crippen LogP contribution in [0.4, 0.5) is 13.6 Å². The summed E-state index contributed by atoms with van der Waals surface area (Å²) in [5, 5.41) is 2.65. The molecule has 1 N–H and O–H groups in total. The Kier molecular flexibility index (Phi) is 3.59. The van der Waals surface area contributed by atoms with Gasteiger partial charge in [0.05, 0.1) is 6.04 Å². The molecule has 1 aliphatic heterocycles. The van der Waals surface area contributed by atoms with Crippen LogP contribution in [0.2, 0.25) is 0 Å². The summed E-state index contributed by atoms with van der Waals surface area (Å²) in [7, 11) is 0. The van der Waals surface area contributed by atoms with E-state index in [2.05, 4.69) is 10.1 Å². The van der Waals surface area contributed by atoms with Gasteiger partial charge in [0.2, 0.25) is 0 Å². The molecule has 0 aliphatic carbocycles. The maximum Gasteiger partial charge on any atom is 0.407 e. The van der Waals surface area contributed by atoms with Gasteiger partial charge in [-0.3, -0.25) is 0 Å². The highest BCUT2D eigenvalue weighted by Gasteiger charge is 2.39. The molecule has 0 spiro atoms. The lowest BCUT2D eigenvalue weighted by atomic mass is 9.80. The second-order valence-electron chi connectivity index (χ2n) is 5.06. The lowest BCUT2D eigenvalue weighted by Gasteiger charge is -2.39. The summed E-state index contributed by atoms with van der Waals surface area (Å²) in [6.45, 7) is 1.08. The molecule has 104 valence electrons. The molecule has 1 saturated heterocycles. The highest BCUT2D eigenvalue weighted by Crippen LogP contribution is 2.40. The Hall–Kier alpha value is -1.85. The van der Waals surface area contributed by atoms with Crippen LogP contribution < -0.4 is 10.1 Å². The Labute approximate surface area is 109 Å². The van der Waals surface area contributed by atoms with E-state index < -0.39 is 24.2 Å². The standard InChI is InChI=1S/C13H15F2NO3/c1-13(2)7-18-12(17)16-10(13)8-5-3-4-6-9(8)19-11(14)15/h3-6,10-11H,7H2,1-2H3,(H,16,17)/t10-/m0/s1. The van der Waals surface area contributed by atoms with Crippen molar-refractivity contribution in [2.45, 2.75) is 26.5 Å². The monoisotopic (exact) mass is 271 g/mol. The molecule has 1 aromatic rings. The Morgan fingerprint density at radius 2 is 2.11 bits per heavy atom. The van der Waals surface area contributed by atoms with E-state index in [0.717, 1.165) is 0 Å². The Balaban J connectivity index is 2.36. The van der Waals surface area contributed by atoms with Gasteiger partial charge < -0.3 is 14.8 Å². The van der Waals surface area contributed by atoms with Crippen molar-refractivity contribution in [2.24, 2.45) is 5.41 Å². The Morgan fingerprint density at radius 3 is 2.79 bits per heavy atom. The molecule has 1 atom stereocenters. The smallest absolute Gasteiger partial charge is 0.407 e. The molecule has 4 nitrogen and oxygen atoms in total. The molecule has 0 bridgehead atoms. The number of para-hydroxylation sites is 1. The van der Waals surface area contributed by atoms with Crippen LogP contribution in [0.15, 0.2) is 24.3 Å². The van der Waals surface area contributed by atoms with Gasteiger partial charge in [0.15, 0.2) is 0 Å². The van der Waals surface area contributed by atoms with Crippen LogP contribution in [0, 0.1) is 5.41 Å². The lowest BCUT2D eigenvalue weighted by Crippen LogP contribution is -2.47. The molecule has 19 heavy (non-hydrogen) atoms. The molecular formula is C13H15F2NO3. The number of alkyl halides is 2. The van der Waals surface area contributed by atoms with Crippen LogP contribution in [-0.2, 0) is 4.74 Å². The lowest BCUT2D eigenvalue weighted by molar-refractivity contribution is -0.0517. The zero-order valence-electron chi connectivity index (χ0n) is 10.7. The number of rotatable bonds is 3. The van der Waals surface area contributed by atoms with Crippen LogP contribution in [0.5, 0.6) is 5.75 Å². The van der Waals surface area contributed by atoms with Crippen molar-refractivity contribution < 1.29 is 23.0 Å². The van der Waals surface area contributed by atoms with Gasteiger partial charge in [0.1, 0.15) is 12.4 Å². The first kappa shape index (κ1) is 13.6. The summed E-state index contributed by atoms with van der Waals surface area (Å²) in [5.41, 5.74) is 0.0969. The largest absolute Gasteiger partial charge is 0.449 e. The molecule has 1 aliphatic rings. The number of benzene rings is 1. The van der Waals surface area contributed by atoms with Gasteiger partial charge in [-0.1, -0.05) is 32.0 Å². The van der Waals surface area contributed by atoms with Gasteiger partial charge in [0.25, 0.3) is 0 Å². The van der Waals surface area contributed by atoms with E-state index in [0.29, 0.717) is 5.56 Å². The molecule has 6 heteroatoms. The number of carbonyl (C=O) groups is 1. The number of nitrogens with one attached hydrogen (secondary N) is 1. The third-order valence-electron chi connectivity index (χ3n) is 3.07. The molecule has 0 aromatic heterocycles. The molecule has 2 rings (SSSR count). The second-order valence-corrected chi connectivity index (χ2v) is 5.06. The highest BCUT2D eigenvalue weighted by atomic mass is 19.3. The first-order valence-corrected chi connectivity index (χ1v) is 5.87. The summed E-state index contributed by atoms with van der Waals surface area (Å²) in [6, 6.07) is 6.00. The van der Waals surface area contributed by atoms with Gasteiger partial charge in [-0.15, -0.1) is 0 Å². The number of hydrogen-bond donors (Lipinski definition) is 1. The number of amides is 1. The number of carbonyl (C=O) groups excluding carboxylic acids is 1. The van der Waals surface area contributed by atoms with Crippen LogP contribution in [0.1, 0.15) is 25.5 Å². The predicted molar refractivity (Wildman–Crippen MR) is 64.1 cm³/mol. The van der Waals surface area contributed by atoms with E-state index >= 15 is 0 Å². The van der Waals surface area contributed by atoms with Crippen molar-refractivity contribution in [3.05, 3.63) is 29.8 Å². The quantitative estimate of drug-likeness (QED) is 0.919. The molecule has 0 radical (unpaired) electrons. The molecular weight excluding hydrogens is 256 g/mol. The fourth-order valence-corrected chi connectivity index (χ4v) is 2.11. The zero-order chi connectivity index (χ0) is 14.0. The van der Waals surface area contributed by atoms with Gasteiger partial charge in [-0.2, -0.15) is 8.78 Å². The molecule has 0 saturated carbocycles. The van der Waals surface area contributed by atoms with Crippen molar-refractivity contribution in [3.63, 3.8) is 0 Å². The fourth-order valence-electron chi connectivity index (χ4n) is 2.11. The van der Waals surface area contributed by atoms with Gasteiger partial charge in [-0.25, -0.2) is 4.79 Å². The SMILES string of the molecule is CC1(C)COC(=O)N[C@H]1c1ccccc1OC(F)F. The number of ether oxygens (including phenoxy) is 2. The maximum absolute atomic E-state index is 12.4. The number of cyclic esters (lactones) is 1. The topological polar surface area (TPSA) is 47.6 Å². The average molecular weight is 271 g/mol. The predicted octanol–water partition coefficient (Wildman–Crippen LogP) is 3.10. The van der Waals surface area contributed by atoms with E-state index in [4.69, 9.17) is 4.74 Å². The minimum absolute atomic E-state index is 0.0674. The summed E-state index contributed by atoms with van der Waals surface area (Å²) < 4.78 is 34.2. The zero-order valence-corrected chi connectivity index (χ0v) is 10.7. The summed E-state index contributed by atoms with van der Waals surface area (Å²) >= 11 is 0. The van der Waals surface area contributed by atoms with Crippen LogP contribution in [0.3, 0.4) is 0 Å². The fraction of sp³-hybridized carbons (Fsp3) is 0.462. The maximum atomic E-state index is 12.4. The number of alkyl carbamates (subject to hydrolysis) is 1. The molecule has 1 heterocycles. The number of halogens is 2. The van der Waals surface area contributed by atoms with E-state index in [1.165, 1.54) is 6.07 Å². The third-order valence-corrected chi connectivity index (χ3v) is 3.07. The minimum atomic E-state index is -2.90. The second kappa shape index (κ2) is 5.03.